The molecule has 2 aromatic rings. The van der Waals surface area contributed by atoms with Crippen LogP contribution in [-0.4, -0.2) is 0 Å². The van der Waals surface area contributed by atoms with Crippen molar-refractivity contribution in [2.75, 3.05) is 0 Å². The summed E-state index contributed by atoms with van der Waals surface area (Å²) in [7, 11) is -2.18. The van der Waals surface area contributed by atoms with Gasteiger partial charge < -0.3 is 0 Å². The predicted molar refractivity (Wildman–Crippen MR) is 84.4 cm³/mol. The van der Waals surface area contributed by atoms with Crippen LogP contribution < -0.4 is 9.05 Å². The van der Waals surface area contributed by atoms with E-state index in [1.165, 1.54) is 0 Å². The van der Waals surface area contributed by atoms with E-state index in [1.807, 2.05) is 39.8 Å². The van der Waals surface area contributed by atoms with E-state index in [9.17, 15) is 4.57 Å². The Balaban J connectivity index is 0.000000829. The summed E-state index contributed by atoms with van der Waals surface area (Å²) in [5.74, 6) is 1.05. The number of hydrogen-bond donors (Lipinski definition) is 0. The third-order valence-corrected chi connectivity index (χ3v) is 2.57. The topological polar surface area (TPSA) is 35.5 Å². The summed E-state index contributed by atoms with van der Waals surface area (Å²) >= 11 is 0. The van der Waals surface area contributed by atoms with Crippen molar-refractivity contribution in [3.63, 3.8) is 0 Å². The molecule has 0 aliphatic carbocycles. The summed E-state index contributed by atoms with van der Waals surface area (Å²) in [4.78, 5) is 0. The molecule has 0 amide bonds. The maximum Gasteiger partial charge on any atom is 0.805 e. The van der Waals surface area contributed by atoms with Gasteiger partial charge in [-0.15, -0.1) is 0 Å². The molecule has 0 atom stereocenters. The smallest absolute Gasteiger partial charge is 0.222 e. The number of benzene rings is 2. The largest absolute Gasteiger partial charge is 0.805 e. The Labute approximate surface area is 122 Å². The first-order valence-electron chi connectivity index (χ1n) is 6.78. The van der Waals surface area contributed by atoms with Crippen LogP contribution in [-0.2, 0) is 4.57 Å². The third kappa shape index (κ3) is 7.55. The molecule has 0 unspecified atom stereocenters. The van der Waals surface area contributed by atoms with Crippen LogP contribution in [0, 0.1) is 0 Å². The van der Waals surface area contributed by atoms with E-state index in [2.05, 4.69) is 0 Å². The number of para-hydroxylation sites is 2. The second-order valence-electron chi connectivity index (χ2n) is 3.03. The molecule has 0 fully saturated rings. The Bertz CT molecular complexity index is 414. The van der Waals surface area contributed by atoms with Crippen molar-refractivity contribution in [1.29, 1.82) is 0 Å². The molecular formula is C16H22O3P+. The molecule has 3 nitrogen and oxygen atoms in total. The fraction of sp³-hybridized carbons (Fsp3) is 0.250. The van der Waals surface area contributed by atoms with Gasteiger partial charge in [-0.25, -0.2) is 9.05 Å². The molecule has 0 aromatic heterocycles. The van der Waals surface area contributed by atoms with Gasteiger partial charge in [-0.05, 0) is 24.3 Å². The average Bonchev–Trinajstić information content (AvgIpc) is 2.53. The van der Waals surface area contributed by atoms with Crippen LogP contribution in [0.1, 0.15) is 27.7 Å². The lowest BCUT2D eigenvalue weighted by atomic mass is 10.3. The highest BCUT2D eigenvalue weighted by Gasteiger charge is 2.23. The van der Waals surface area contributed by atoms with Gasteiger partial charge in [0, 0.05) is 4.57 Å². The Morgan fingerprint density at radius 3 is 1.25 bits per heavy atom. The first-order chi connectivity index (χ1) is 9.84. The van der Waals surface area contributed by atoms with Gasteiger partial charge in [-0.2, -0.15) is 0 Å². The normalized spacial score (nSPS) is 8.20. The van der Waals surface area contributed by atoms with E-state index in [0.29, 0.717) is 11.5 Å². The van der Waals surface area contributed by atoms with Crippen LogP contribution >= 0.6 is 8.25 Å². The first kappa shape index (κ1) is 18.1. The Morgan fingerprint density at radius 2 is 0.950 bits per heavy atom. The first-order valence-corrected chi connectivity index (χ1v) is 7.87. The average molecular weight is 293 g/mol. The van der Waals surface area contributed by atoms with Crippen LogP contribution in [0.25, 0.3) is 0 Å². The molecule has 0 heterocycles. The molecule has 0 radical (unpaired) electrons. The molecule has 2 aromatic carbocycles. The molecule has 0 aliphatic heterocycles. The summed E-state index contributed by atoms with van der Waals surface area (Å²) in [6.45, 7) is 8.00. The summed E-state index contributed by atoms with van der Waals surface area (Å²) in [5.41, 5.74) is 0. The molecular weight excluding hydrogens is 271 g/mol. The Morgan fingerprint density at radius 1 is 0.650 bits per heavy atom. The monoisotopic (exact) mass is 293 g/mol. The minimum absolute atomic E-state index is 0.527. The van der Waals surface area contributed by atoms with E-state index in [4.69, 9.17) is 9.05 Å². The Kier molecular flexibility index (Phi) is 11.1. The van der Waals surface area contributed by atoms with E-state index in [-0.39, 0.29) is 0 Å². The highest BCUT2D eigenvalue weighted by molar-refractivity contribution is 7.34. The molecule has 20 heavy (non-hydrogen) atoms. The quantitative estimate of drug-likeness (QED) is 0.663. The van der Waals surface area contributed by atoms with Crippen LogP contribution in [0.4, 0.5) is 0 Å². The molecule has 0 aliphatic rings. The standard InChI is InChI=1S/C12H10O3P.2C2H6/c13-16(14-11-7-3-1-4-8-11)15-12-9-5-2-6-10-12;2*1-2/h1-10H;2*1-2H3/q+1;;. The van der Waals surface area contributed by atoms with Crippen molar-refractivity contribution in [3.05, 3.63) is 60.7 Å². The Hall–Kier alpha value is -1.86. The van der Waals surface area contributed by atoms with Gasteiger partial charge in [0.15, 0.2) is 11.5 Å². The van der Waals surface area contributed by atoms with Gasteiger partial charge in [0.05, 0.1) is 0 Å². The van der Waals surface area contributed by atoms with Crippen molar-refractivity contribution < 1.29 is 13.6 Å². The number of hydrogen-bond acceptors (Lipinski definition) is 3. The highest BCUT2D eigenvalue weighted by atomic mass is 31.1. The van der Waals surface area contributed by atoms with Gasteiger partial charge >= 0.3 is 8.25 Å². The molecule has 0 bridgehead atoms. The zero-order valence-corrected chi connectivity index (χ0v) is 13.3. The van der Waals surface area contributed by atoms with Crippen molar-refractivity contribution >= 4 is 8.25 Å². The molecule has 0 spiro atoms. The van der Waals surface area contributed by atoms with E-state index >= 15 is 0 Å². The molecule has 0 saturated carbocycles. The van der Waals surface area contributed by atoms with Crippen LogP contribution in [0.15, 0.2) is 60.7 Å². The summed E-state index contributed by atoms with van der Waals surface area (Å²) in [6.07, 6.45) is 0. The zero-order chi connectivity index (χ0) is 15.2. The minimum atomic E-state index is -2.18. The summed E-state index contributed by atoms with van der Waals surface area (Å²) < 4.78 is 21.7. The second-order valence-corrected chi connectivity index (χ2v) is 3.84. The van der Waals surface area contributed by atoms with Crippen molar-refractivity contribution in [2.45, 2.75) is 27.7 Å². The van der Waals surface area contributed by atoms with Crippen LogP contribution in [0.3, 0.4) is 0 Å². The minimum Gasteiger partial charge on any atom is -0.222 e. The highest BCUT2D eigenvalue weighted by Crippen LogP contribution is 2.29. The second kappa shape index (κ2) is 12.2. The third-order valence-electron chi connectivity index (χ3n) is 1.85. The predicted octanol–water partition coefficient (Wildman–Crippen LogP) is 5.85. The SMILES string of the molecule is CC.CC.O=[P+](Oc1ccccc1)Oc1ccccc1. The van der Waals surface area contributed by atoms with Gasteiger partial charge in [0.1, 0.15) is 0 Å². The maximum absolute atomic E-state index is 11.5. The molecule has 4 heteroatoms. The van der Waals surface area contributed by atoms with Gasteiger partial charge in [0.25, 0.3) is 0 Å². The lowest BCUT2D eigenvalue weighted by molar-refractivity contribution is 0.415. The maximum atomic E-state index is 11.5. The van der Waals surface area contributed by atoms with Crippen LogP contribution in [0.2, 0.25) is 0 Å². The lowest BCUT2D eigenvalue weighted by Crippen LogP contribution is -1.87. The van der Waals surface area contributed by atoms with E-state index in [1.54, 1.807) is 48.5 Å². The molecule has 108 valence electrons. The van der Waals surface area contributed by atoms with Gasteiger partial charge in [-0.1, -0.05) is 64.1 Å². The van der Waals surface area contributed by atoms with Gasteiger partial charge in [-0.3, -0.25) is 0 Å². The van der Waals surface area contributed by atoms with Crippen molar-refractivity contribution in [2.24, 2.45) is 0 Å². The fourth-order valence-corrected chi connectivity index (χ4v) is 1.78. The molecule has 2 rings (SSSR count). The van der Waals surface area contributed by atoms with Crippen molar-refractivity contribution in [1.82, 2.24) is 0 Å². The van der Waals surface area contributed by atoms with Crippen LogP contribution in [0.5, 0.6) is 11.5 Å². The molecule has 0 saturated heterocycles. The fourth-order valence-electron chi connectivity index (χ4n) is 1.15. The zero-order valence-electron chi connectivity index (χ0n) is 12.4. The summed E-state index contributed by atoms with van der Waals surface area (Å²) in [6, 6.07) is 17.8. The number of rotatable bonds is 4. The lowest BCUT2D eigenvalue weighted by Gasteiger charge is -1.92. The van der Waals surface area contributed by atoms with E-state index in [0.717, 1.165) is 0 Å². The van der Waals surface area contributed by atoms with Crippen molar-refractivity contribution in [3.8, 4) is 11.5 Å². The molecule has 0 N–H and O–H groups in total. The van der Waals surface area contributed by atoms with Gasteiger partial charge in [0.2, 0.25) is 0 Å². The van der Waals surface area contributed by atoms with E-state index < -0.39 is 8.25 Å². The summed E-state index contributed by atoms with van der Waals surface area (Å²) in [5, 5.41) is 0.